The Morgan fingerprint density at radius 2 is 0.529 bits per heavy atom. The highest BCUT2D eigenvalue weighted by Gasteiger charge is 2.51. The smallest absolute Gasteiger partial charge is 0.436 e. The van der Waals surface area contributed by atoms with Crippen LogP contribution in [0.2, 0.25) is 0 Å². The van der Waals surface area contributed by atoms with Crippen LogP contribution in [0.3, 0.4) is 0 Å². The van der Waals surface area contributed by atoms with E-state index in [2.05, 4.69) is 163 Å². The third kappa shape index (κ3) is 13.2. The standard InChI is InChI=1S/C41H25N5O.C33H30BN3O2.C14H7BrN2O/c1-3-9-26(10-4-1)27-15-19-30(20-16-27)39-44-38(29-11-5-2-6-12-29)45-40(46-39)31-21-17-28(18-22-31)32-23-24-36-33(25-32)37-41(47-36)43-35-14-8-7-13-34(35)42-37;1-32(2)33(3,4)39-34(38-32)28-21-19-27(20-22-28)31-36-29(25-13-9-6-10-14-25)35-30(37-31)26-17-15-24(16-18-26)23-11-7-5-8-12-23;15-8-5-6-12-9(7-8)13-14(18-12)17-11-4-2-1-3-10(11)16-13/h1-25H;5-22H,1-4H3;1-7H. The van der Waals surface area contributed by atoms with Crippen molar-refractivity contribution in [1.29, 1.82) is 0 Å². The Morgan fingerprint density at radius 3 is 0.904 bits per heavy atom. The van der Waals surface area contributed by atoms with Gasteiger partial charge in [-0.3, -0.25) is 0 Å². The lowest BCUT2D eigenvalue weighted by molar-refractivity contribution is 0.00578. The number of furan rings is 2. The largest absolute Gasteiger partial charge is 0.494 e. The second-order valence-electron chi connectivity index (χ2n) is 26.3. The molecule has 18 aromatic rings. The molecule has 0 amide bonds. The van der Waals surface area contributed by atoms with Gasteiger partial charge in [-0.05, 0) is 121 Å². The SMILES string of the molecule is Brc1ccc2oc3nc4ccccc4nc3c2c1.CC1(C)OB(c2ccc(-c3nc(-c4ccccc4)nc(-c4ccc(-c5ccccc5)cc4)n3)cc2)OC1(C)C.c1ccc(-c2ccc(-c3nc(-c4ccccc4)nc(-c4ccc(-c5ccc6oc7nc8ccccc8nc7c6c5)cc4)n3)cc2)cc1. The summed E-state index contributed by atoms with van der Waals surface area (Å²) >= 11 is 3.46. The number of fused-ring (bicyclic) bond motifs is 8. The molecule has 0 atom stereocenters. The van der Waals surface area contributed by atoms with Crippen molar-refractivity contribution < 1.29 is 18.1 Å². The molecule has 19 rings (SSSR count). The van der Waals surface area contributed by atoms with Crippen molar-refractivity contribution in [1.82, 2.24) is 49.8 Å². The van der Waals surface area contributed by atoms with Crippen LogP contribution in [0.1, 0.15) is 27.7 Å². The van der Waals surface area contributed by atoms with Crippen LogP contribution in [0.5, 0.6) is 0 Å². The quantitative estimate of drug-likeness (QED) is 0.118. The van der Waals surface area contributed by atoms with Crippen molar-refractivity contribution in [3.63, 3.8) is 0 Å². The van der Waals surface area contributed by atoms with Crippen LogP contribution >= 0.6 is 15.9 Å². The minimum atomic E-state index is -0.416. The maximum absolute atomic E-state index is 6.23. The summed E-state index contributed by atoms with van der Waals surface area (Å²) in [6.07, 6.45) is 0. The third-order valence-corrected chi connectivity index (χ3v) is 19.4. The first-order valence-corrected chi connectivity index (χ1v) is 35.0. The van der Waals surface area contributed by atoms with Crippen LogP contribution in [0.4, 0.5) is 0 Å². The number of hydrogen-bond acceptors (Lipinski definition) is 14. The lowest BCUT2D eigenvalue weighted by Crippen LogP contribution is -2.41. The molecule has 0 unspecified atom stereocenters. The van der Waals surface area contributed by atoms with E-state index in [0.717, 1.165) is 121 Å². The number of rotatable bonds is 10. The molecular formula is C88H62BBrN10O4. The van der Waals surface area contributed by atoms with E-state index in [1.807, 2.05) is 194 Å². The average molecular weight is 1410 g/mol. The van der Waals surface area contributed by atoms with Crippen molar-refractivity contribution in [3.8, 4) is 102 Å². The Kier molecular flexibility index (Phi) is 17.1. The maximum Gasteiger partial charge on any atom is 0.494 e. The number of benzene rings is 12. The fourth-order valence-corrected chi connectivity index (χ4v) is 13.0. The lowest BCUT2D eigenvalue weighted by Gasteiger charge is -2.32. The number of nitrogens with zero attached hydrogens (tertiary/aromatic N) is 10. The second-order valence-corrected chi connectivity index (χ2v) is 27.2. The van der Waals surface area contributed by atoms with E-state index in [0.29, 0.717) is 46.4 Å². The Balaban J connectivity index is 0.000000126. The van der Waals surface area contributed by atoms with Gasteiger partial charge < -0.3 is 18.1 Å². The molecule has 6 aromatic heterocycles. The predicted molar refractivity (Wildman–Crippen MR) is 419 cm³/mol. The van der Waals surface area contributed by atoms with Gasteiger partial charge in [0.05, 0.1) is 33.3 Å². The molecule has 7 heterocycles. The topological polar surface area (TPSA) is 174 Å². The lowest BCUT2D eigenvalue weighted by atomic mass is 9.79. The van der Waals surface area contributed by atoms with Crippen LogP contribution in [-0.2, 0) is 9.31 Å². The highest BCUT2D eigenvalue weighted by molar-refractivity contribution is 9.10. The molecule has 0 radical (unpaired) electrons. The molecular weight excluding hydrogens is 1350 g/mol. The van der Waals surface area contributed by atoms with Gasteiger partial charge in [0.25, 0.3) is 0 Å². The van der Waals surface area contributed by atoms with Crippen molar-refractivity contribution in [2.45, 2.75) is 38.9 Å². The number of halogens is 1. The average Bonchev–Trinajstić information content (AvgIpc) is 1.68. The molecule has 498 valence electrons. The molecule has 14 nitrogen and oxygen atoms in total. The van der Waals surface area contributed by atoms with E-state index in [1.165, 1.54) is 11.1 Å². The molecule has 1 aliphatic rings. The van der Waals surface area contributed by atoms with Crippen LogP contribution in [0.15, 0.2) is 317 Å². The minimum absolute atomic E-state index is 0.389. The molecule has 1 aliphatic heterocycles. The summed E-state index contributed by atoms with van der Waals surface area (Å²) < 4.78 is 25.2. The molecule has 0 spiro atoms. The van der Waals surface area contributed by atoms with E-state index in [9.17, 15) is 0 Å². The van der Waals surface area contributed by atoms with Gasteiger partial charge in [-0.25, -0.2) is 49.8 Å². The number of para-hydroxylation sites is 4. The zero-order valence-electron chi connectivity index (χ0n) is 56.9. The van der Waals surface area contributed by atoms with Crippen molar-refractivity contribution in [3.05, 3.63) is 308 Å². The van der Waals surface area contributed by atoms with Gasteiger partial charge in [-0.1, -0.05) is 265 Å². The molecule has 12 aromatic carbocycles. The van der Waals surface area contributed by atoms with E-state index in [1.54, 1.807) is 0 Å². The summed E-state index contributed by atoms with van der Waals surface area (Å²) in [6.45, 7) is 8.24. The summed E-state index contributed by atoms with van der Waals surface area (Å²) in [6, 6.07) is 102. The Morgan fingerprint density at radius 1 is 0.260 bits per heavy atom. The first-order valence-electron chi connectivity index (χ1n) is 34.2. The molecule has 104 heavy (non-hydrogen) atoms. The zero-order valence-corrected chi connectivity index (χ0v) is 58.5. The van der Waals surface area contributed by atoms with E-state index in [4.69, 9.17) is 58.0 Å². The molecule has 0 N–H and O–H groups in total. The highest BCUT2D eigenvalue weighted by atomic mass is 79.9. The monoisotopic (exact) mass is 1410 g/mol. The normalized spacial score (nSPS) is 13.1. The predicted octanol–water partition coefficient (Wildman–Crippen LogP) is 21.2. The minimum Gasteiger partial charge on any atom is -0.436 e. The molecule has 0 aliphatic carbocycles. The van der Waals surface area contributed by atoms with E-state index < -0.39 is 7.12 Å². The molecule has 0 bridgehead atoms. The maximum atomic E-state index is 6.23. The first-order chi connectivity index (χ1) is 50.8. The molecule has 0 saturated carbocycles. The summed E-state index contributed by atoms with van der Waals surface area (Å²) in [5.74, 6) is 3.76. The fourth-order valence-electron chi connectivity index (χ4n) is 12.6. The van der Waals surface area contributed by atoms with Gasteiger partial charge in [0.1, 0.15) is 22.2 Å². The highest BCUT2D eigenvalue weighted by Crippen LogP contribution is 2.39. The summed E-state index contributed by atoms with van der Waals surface area (Å²) in [7, 11) is -0.416. The van der Waals surface area contributed by atoms with Crippen LogP contribution in [-0.4, -0.2) is 68.2 Å². The fraction of sp³-hybridized carbons (Fsp3) is 0.0682. The Hall–Kier alpha value is -12.6. The molecule has 16 heteroatoms. The summed E-state index contributed by atoms with van der Waals surface area (Å²) in [5.41, 5.74) is 20.2. The van der Waals surface area contributed by atoms with Gasteiger partial charge in [0.2, 0.25) is 11.4 Å². The Labute approximate surface area is 607 Å². The van der Waals surface area contributed by atoms with Gasteiger partial charge in [-0.2, -0.15) is 0 Å². The first kappa shape index (κ1) is 64.8. The third-order valence-electron chi connectivity index (χ3n) is 18.9. The van der Waals surface area contributed by atoms with Crippen LogP contribution in [0, 0.1) is 0 Å². The molecule has 1 saturated heterocycles. The zero-order chi connectivity index (χ0) is 70.3. The summed E-state index contributed by atoms with van der Waals surface area (Å²) in [5, 5.41) is 1.92. The van der Waals surface area contributed by atoms with Gasteiger partial charge in [0.15, 0.2) is 34.9 Å². The van der Waals surface area contributed by atoms with Crippen LogP contribution in [0.25, 0.3) is 168 Å². The molecule has 1 fully saturated rings. The van der Waals surface area contributed by atoms with Crippen LogP contribution < -0.4 is 5.46 Å². The number of hydrogen-bond donors (Lipinski definition) is 0. The van der Waals surface area contributed by atoms with E-state index in [-0.39, 0.29) is 11.2 Å². The van der Waals surface area contributed by atoms with Gasteiger partial charge in [-0.15, -0.1) is 0 Å². The second kappa shape index (κ2) is 27.4. The van der Waals surface area contributed by atoms with Gasteiger partial charge in [0, 0.05) is 48.6 Å². The van der Waals surface area contributed by atoms with Crippen molar-refractivity contribution >= 4 is 95.0 Å². The van der Waals surface area contributed by atoms with Crippen molar-refractivity contribution in [2.24, 2.45) is 0 Å². The van der Waals surface area contributed by atoms with Gasteiger partial charge >= 0.3 is 7.12 Å². The summed E-state index contributed by atoms with van der Waals surface area (Å²) in [4.78, 5) is 48.0. The van der Waals surface area contributed by atoms with E-state index >= 15 is 0 Å². The number of aromatic nitrogens is 10. The Bertz CT molecular complexity index is 6160. The van der Waals surface area contributed by atoms with Crippen molar-refractivity contribution in [2.75, 3.05) is 0 Å².